The summed E-state index contributed by atoms with van der Waals surface area (Å²) in [5, 5.41) is 8.03. The van der Waals surface area contributed by atoms with Gasteiger partial charge in [-0.2, -0.15) is 5.10 Å². The maximum absolute atomic E-state index is 4.44. The maximum Gasteiger partial charge on any atom is 0.127 e. The molecule has 1 aliphatic heterocycles. The van der Waals surface area contributed by atoms with Crippen LogP contribution in [0.5, 0.6) is 0 Å². The second kappa shape index (κ2) is 3.30. The standard InChI is InChI=1S/C11H19N3/c1-7(2)10-6-5-9-8(3)13-14(4)11(9)12-10/h7,10,12H,5-6H2,1-4H3/t10-/m0/s1. The van der Waals surface area contributed by atoms with Crippen LogP contribution < -0.4 is 5.32 Å². The van der Waals surface area contributed by atoms with Crippen LogP contribution in [-0.2, 0) is 13.5 Å². The van der Waals surface area contributed by atoms with E-state index in [0.29, 0.717) is 12.0 Å². The number of rotatable bonds is 1. The van der Waals surface area contributed by atoms with Gasteiger partial charge in [0.1, 0.15) is 5.82 Å². The van der Waals surface area contributed by atoms with E-state index in [1.165, 1.54) is 29.9 Å². The van der Waals surface area contributed by atoms with E-state index in [1.54, 1.807) is 0 Å². The lowest BCUT2D eigenvalue weighted by Gasteiger charge is -2.28. The number of nitrogens with one attached hydrogen (secondary N) is 1. The highest BCUT2D eigenvalue weighted by Crippen LogP contribution is 2.29. The highest BCUT2D eigenvalue weighted by Gasteiger charge is 2.24. The van der Waals surface area contributed by atoms with Gasteiger partial charge in [-0.25, -0.2) is 0 Å². The van der Waals surface area contributed by atoms with E-state index >= 15 is 0 Å². The molecule has 0 aromatic carbocycles. The van der Waals surface area contributed by atoms with Crippen LogP contribution in [0.15, 0.2) is 0 Å². The minimum atomic E-state index is 0.609. The first-order valence-electron chi connectivity index (χ1n) is 5.38. The van der Waals surface area contributed by atoms with Crippen molar-refractivity contribution in [2.75, 3.05) is 5.32 Å². The highest BCUT2D eigenvalue weighted by atomic mass is 15.3. The summed E-state index contributed by atoms with van der Waals surface area (Å²) in [5.74, 6) is 1.92. The minimum absolute atomic E-state index is 0.609. The molecule has 1 aromatic rings. The number of aromatic nitrogens is 2. The molecule has 1 atom stereocenters. The third kappa shape index (κ3) is 1.41. The van der Waals surface area contributed by atoms with Crippen molar-refractivity contribution in [1.82, 2.24) is 9.78 Å². The zero-order chi connectivity index (χ0) is 10.3. The fourth-order valence-corrected chi connectivity index (χ4v) is 2.23. The summed E-state index contributed by atoms with van der Waals surface area (Å²) in [7, 11) is 2.02. The third-order valence-corrected chi connectivity index (χ3v) is 3.18. The Hall–Kier alpha value is -0.990. The molecule has 0 unspecified atom stereocenters. The predicted octanol–water partition coefficient (Wildman–Crippen LogP) is 2.11. The summed E-state index contributed by atoms with van der Waals surface area (Å²) in [6, 6.07) is 0.609. The molecular weight excluding hydrogens is 174 g/mol. The maximum atomic E-state index is 4.44. The van der Waals surface area contributed by atoms with Crippen molar-refractivity contribution in [1.29, 1.82) is 0 Å². The van der Waals surface area contributed by atoms with Gasteiger partial charge in [0.2, 0.25) is 0 Å². The van der Waals surface area contributed by atoms with E-state index in [9.17, 15) is 0 Å². The first kappa shape index (κ1) is 9.56. The SMILES string of the molecule is Cc1nn(C)c2c1CC[C@@H](C(C)C)N2. The third-order valence-electron chi connectivity index (χ3n) is 3.18. The zero-order valence-corrected chi connectivity index (χ0v) is 9.46. The average molecular weight is 193 g/mol. The van der Waals surface area contributed by atoms with Gasteiger partial charge in [0.25, 0.3) is 0 Å². The quantitative estimate of drug-likeness (QED) is 0.740. The molecule has 0 saturated heterocycles. The molecule has 1 N–H and O–H groups in total. The fourth-order valence-electron chi connectivity index (χ4n) is 2.23. The molecule has 0 radical (unpaired) electrons. The van der Waals surface area contributed by atoms with E-state index in [1.807, 2.05) is 11.7 Å². The summed E-state index contributed by atoms with van der Waals surface area (Å²) in [6.07, 6.45) is 2.40. The Morgan fingerprint density at radius 1 is 1.50 bits per heavy atom. The van der Waals surface area contributed by atoms with Crippen LogP contribution in [-0.4, -0.2) is 15.8 Å². The number of hydrogen-bond donors (Lipinski definition) is 1. The Labute approximate surface area is 85.5 Å². The summed E-state index contributed by atoms with van der Waals surface area (Å²) in [6.45, 7) is 6.63. The van der Waals surface area contributed by atoms with Gasteiger partial charge in [-0.05, 0) is 25.7 Å². The van der Waals surface area contributed by atoms with Gasteiger partial charge in [0.15, 0.2) is 0 Å². The Balaban J connectivity index is 2.30. The minimum Gasteiger partial charge on any atom is -0.367 e. The van der Waals surface area contributed by atoms with Gasteiger partial charge in [-0.15, -0.1) is 0 Å². The number of aryl methyl sites for hydroxylation is 2. The highest BCUT2D eigenvalue weighted by molar-refractivity contribution is 5.50. The second-order valence-corrected chi connectivity index (χ2v) is 4.57. The molecule has 2 heterocycles. The molecule has 0 aliphatic carbocycles. The van der Waals surface area contributed by atoms with Crippen LogP contribution in [0.25, 0.3) is 0 Å². The molecule has 0 spiro atoms. The van der Waals surface area contributed by atoms with E-state index < -0.39 is 0 Å². The lowest BCUT2D eigenvalue weighted by Crippen LogP contribution is -2.31. The van der Waals surface area contributed by atoms with Crippen molar-refractivity contribution in [3.63, 3.8) is 0 Å². The Bertz CT molecular complexity index is 339. The second-order valence-electron chi connectivity index (χ2n) is 4.57. The number of anilines is 1. The Kier molecular flexibility index (Phi) is 2.25. The summed E-state index contributed by atoms with van der Waals surface area (Å²) in [5.41, 5.74) is 2.58. The van der Waals surface area contributed by atoms with Crippen LogP contribution in [0.3, 0.4) is 0 Å². The Morgan fingerprint density at radius 3 is 2.86 bits per heavy atom. The van der Waals surface area contributed by atoms with Crippen molar-refractivity contribution in [3.05, 3.63) is 11.3 Å². The monoisotopic (exact) mass is 193 g/mol. The average Bonchev–Trinajstić information content (AvgIpc) is 2.42. The molecule has 0 saturated carbocycles. The first-order chi connectivity index (χ1) is 6.59. The number of nitrogens with zero attached hydrogens (tertiary/aromatic N) is 2. The van der Waals surface area contributed by atoms with E-state index in [4.69, 9.17) is 0 Å². The van der Waals surface area contributed by atoms with Crippen LogP contribution in [0.2, 0.25) is 0 Å². The summed E-state index contributed by atoms with van der Waals surface area (Å²) < 4.78 is 1.97. The number of hydrogen-bond acceptors (Lipinski definition) is 2. The normalized spacial score (nSPS) is 20.8. The molecular formula is C11H19N3. The van der Waals surface area contributed by atoms with E-state index in [-0.39, 0.29) is 0 Å². The van der Waals surface area contributed by atoms with Gasteiger partial charge in [-0.1, -0.05) is 13.8 Å². The zero-order valence-electron chi connectivity index (χ0n) is 9.46. The molecule has 0 amide bonds. The van der Waals surface area contributed by atoms with Crippen LogP contribution >= 0.6 is 0 Å². The molecule has 0 bridgehead atoms. The van der Waals surface area contributed by atoms with Crippen molar-refractivity contribution < 1.29 is 0 Å². The Morgan fingerprint density at radius 2 is 2.21 bits per heavy atom. The molecule has 0 fully saturated rings. The molecule has 78 valence electrons. The van der Waals surface area contributed by atoms with Gasteiger partial charge in [0.05, 0.1) is 5.69 Å². The molecule has 1 aliphatic rings. The van der Waals surface area contributed by atoms with Gasteiger partial charge >= 0.3 is 0 Å². The van der Waals surface area contributed by atoms with Crippen molar-refractivity contribution >= 4 is 5.82 Å². The topological polar surface area (TPSA) is 29.9 Å². The lowest BCUT2D eigenvalue weighted by molar-refractivity contribution is 0.478. The largest absolute Gasteiger partial charge is 0.367 e. The smallest absolute Gasteiger partial charge is 0.127 e. The number of fused-ring (bicyclic) bond motifs is 1. The van der Waals surface area contributed by atoms with Crippen LogP contribution in [0.1, 0.15) is 31.5 Å². The van der Waals surface area contributed by atoms with Gasteiger partial charge in [-0.3, -0.25) is 4.68 Å². The predicted molar refractivity (Wildman–Crippen MR) is 58.5 cm³/mol. The molecule has 3 heteroatoms. The molecule has 1 aromatic heterocycles. The van der Waals surface area contributed by atoms with Crippen molar-refractivity contribution in [2.45, 2.75) is 39.7 Å². The van der Waals surface area contributed by atoms with Gasteiger partial charge < -0.3 is 5.32 Å². The summed E-state index contributed by atoms with van der Waals surface area (Å²) >= 11 is 0. The van der Waals surface area contributed by atoms with Crippen molar-refractivity contribution in [2.24, 2.45) is 13.0 Å². The van der Waals surface area contributed by atoms with Crippen LogP contribution in [0, 0.1) is 12.8 Å². The fraction of sp³-hybridized carbons (Fsp3) is 0.727. The van der Waals surface area contributed by atoms with E-state index in [2.05, 4.69) is 31.2 Å². The van der Waals surface area contributed by atoms with Crippen LogP contribution in [0.4, 0.5) is 5.82 Å². The van der Waals surface area contributed by atoms with Gasteiger partial charge in [0, 0.05) is 18.7 Å². The lowest BCUT2D eigenvalue weighted by atomic mass is 9.93. The van der Waals surface area contributed by atoms with Crippen molar-refractivity contribution in [3.8, 4) is 0 Å². The summed E-state index contributed by atoms with van der Waals surface area (Å²) in [4.78, 5) is 0. The molecule has 14 heavy (non-hydrogen) atoms. The molecule has 2 rings (SSSR count). The van der Waals surface area contributed by atoms with E-state index in [0.717, 1.165) is 0 Å². The molecule has 3 nitrogen and oxygen atoms in total. The first-order valence-corrected chi connectivity index (χ1v) is 5.38.